The smallest absolute Gasteiger partial charge is 0.324 e. The number of rotatable bonds is 3. The van der Waals surface area contributed by atoms with E-state index in [0.29, 0.717) is 12.8 Å². The number of carbonyl (C=O) groups is 1. The summed E-state index contributed by atoms with van der Waals surface area (Å²) in [5.74, 6) is -1.16. The molecule has 1 rings (SSSR count). The number of nitriles is 1. The van der Waals surface area contributed by atoms with Crippen molar-refractivity contribution in [3.05, 3.63) is 0 Å². The van der Waals surface area contributed by atoms with Gasteiger partial charge in [0.25, 0.3) is 0 Å². The predicted molar refractivity (Wildman–Crippen MR) is 60.6 cm³/mol. The van der Waals surface area contributed by atoms with Gasteiger partial charge in [-0.3, -0.25) is 4.79 Å². The lowest BCUT2D eigenvalue weighted by atomic mass is 9.91. The average molecular weight is 260 g/mol. The first-order chi connectivity index (χ1) is 7.76. The van der Waals surface area contributed by atoms with Gasteiger partial charge in [0.2, 0.25) is 10.0 Å². The van der Waals surface area contributed by atoms with Crippen molar-refractivity contribution in [2.24, 2.45) is 0 Å². The number of hydrogen-bond donors (Lipinski definition) is 1. The summed E-state index contributed by atoms with van der Waals surface area (Å²) in [6.45, 7) is 2.83. The van der Waals surface area contributed by atoms with Gasteiger partial charge in [0.15, 0.2) is 5.25 Å². The first-order valence-electron chi connectivity index (χ1n) is 5.41. The molecule has 0 aromatic rings. The molecule has 1 N–H and O–H groups in total. The van der Waals surface area contributed by atoms with Crippen LogP contribution in [0.2, 0.25) is 0 Å². The van der Waals surface area contributed by atoms with Crippen LogP contribution in [0.4, 0.5) is 0 Å². The van der Waals surface area contributed by atoms with E-state index in [9.17, 15) is 18.3 Å². The largest absolute Gasteiger partial charge is 0.480 e. The molecule has 17 heavy (non-hydrogen) atoms. The van der Waals surface area contributed by atoms with Crippen molar-refractivity contribution in [3.63, 3.8) is 0 Å². The van der Waals surface area contributed by atoms with Crippen molar-refractivity contribution in [2.45, 2.75) is 43.9 Å². The second-order valence-corrected chi connectivity index (χ2v) is 6.60. The highest BCUT2D eigenvalue weighted by molar-refractivity contribution is 7.90. The summed E-state index contributed by atoms with van der Waals surface area (Å²) in [6, 6.07) is 1.66. The van der Waals surface area contributed by atoms with Gasteiger partial charge in [-0.1, -0.05) is 0 Å². The SMILES string of the molecule is CC(C#N)S(=O)(=O)N1CCCCC1(C)C(=O)O. The number of carboxylic acids is 1. The summed E-state index contributed by atoms with van der Waals surface area (Å²) in [5.41, 5.74) is -1.43. The Bertz CT molecular complexity index is 453. The molecule has 6 nitrogen and oxygen atoms in total. The third-order valence-corrected chi connectivity index (χ3v) is 5.42. The fourth-order valence-corrected chi connectivity index (χ4v) is 3.60. The molecule has 1 heterocycles. The van der Waals surface area contributed by atoms with Crippen LogP contribution in [-0.2, 0) is 14.8 Å². The predicted octanol–water partition coefficient (Wildman–Crippen LogP) is 0.557. The van der Waals surface area contributed by atoms with E-state index in [1.807, 2.05) is 0 Å². The van der Waals surface area contributed by atoms with E-state index in [1.54, 1.807) is 6.07 Å². The highest BCUT2D eigenvalue weighted by Crippen LogP contribution is 2.32. The molecule has 0 aliphatic carbocycles. The van der Waals surface area contributed by atoms with Crippen LogP contribution >= 0.6 is 0 Å². The maximum atomic E-state index is 12.1. The Morgan fingerprint density at radius 1 is 1.53 bits per heavy atom. The molecular weight excluding hydrogens is 244 g/mol. The normalized spacial score (nSPS) is 28.3. The van der Waals surface area contributed by atoms with Crippen molar-refractivity contribution in [3.8, 4) is 6.07 Å². The molecule has 2 unspecified atom stereocenters. The molecule has 96 valence electrons. The van der Waals surface area contributed by atoms with E-state index in [2.05, 4.69) is 0 Å². The van der Waals surface area contributed by atoms with Gasteiger partial charge in [-0.2, -0.15) is 9.57 Å². The molecule has 1 aliphatic heterocycles. The fraction of sp³-hybridized carbons (Fsp3) is 0.800. The summed E-state index contributed by atoms with van der Waals surface area (Å²) in [7, 11) is -3.87. The topological polar surface area (TPSA) is 98.5 Å². The monoisotopic (exact) mass is 260 g/mol. The van der Waals surface area contributed by atoms with E-state index >= 15 is 0 Å². The summed E-state index contributed by atoms with van der Waals surface area (Å²) in [5, 5.41) is 16.7. The van der Waals surface area contributed by atoms with Gasteiger partial charge >= 0.3 is 5.97 Å². The zero-order valence-electron chi connectivity index (χ0n) is 9.88. The van der Waals surface area contributed by atoms with E-state index in [1.165, 1.54) is 13.8 Å². The van der Waals surface area contributed by atoms with Crippen molar-refractivity contribution < 1.29 is 18.3 Å². The maximum Gasteiger partial charge on any atom is 0.324 e. The van der Waals surface area contributed by atoms with Gasteiger partial charge in [-0.05, 0) is 33.1 Å². The lowest BCUT2D eigenvalue weighted by molar-refractivity contribution is -0.149. The van der Waals surface area contributed by atoms with Gasteiger partial charge in [0.05, 0.1) is 6.07 Å². The van der Waals surface area contributed by atoms with Crippen molar-refractivity contribution in [2.75, 3.05) is 6.54 Å². The molecule has 1 aliphatic rings. The van der Waals surface area contributed by atoms with Crippen LogP contribution in [0.15, 0.2) is 0 Å². The summed E-state index contributed by atoms with van der Waals surface area (Å²) < 4.78 is 25.1. The molecule has 7 heteroatoms. The molecule has 1 saturated heterocycles. The van der Waals surface area contributed by atoms with Crippen LogP contribution in [0, 0.1) is 11.3 Å². The maximum absolute atomic E-state index is 12.1. The minimum Gasteiger partial charge on any atom is -0.480 e. The Morgan fingerprint density at radius 2 is 2.12 bits per heavy atom. The molecule has 2 atom stereocenters. The van der Waals surface area contributed by atoms with Crippen molar-refractivity contribution in [1.29, 1.82) is 5.26 Å². The Labute approximate surface area is 101 Å². The summed E-state index contributed by atoms with van der Waals surface area (Å²) in [6.07, 6.45) is 1.58. The molecule has 0 radical (unpaired) electrons. The molecule has 0 spiro atoms. The second-order valence-electron chi connectivity index (χ2n) is 4.42. The van der Waals surface area contributed by atoms with Gasteiger partial charge in [0.1, 0.15) is 5.54 Å². The van der Waals surface area contributed by atoms with Crippen LogP contribution in [0.1, 0.15) is 33.1 Å². The molecule has 0 bridgehead atoms. The minimum atomic E-state index is -3.87. The van der Waals surface area contributed by atoms with Gasteiger partial charge in [-0.25, -0.2) is 8.42 Å². The molecule has 0 aromatic heterocycles. The lowest BCUT2D eigenvalue weighted by Gasteiger charge is -2.40. The van der Waals surface area contributed by atoms with Crippen molar-refractivity contribution in [1.82, 2.24) is 4.31 Å². The standard InChI is InChI=1S/C10H16N2O4S/c1-8(7-11)17(15,16)12-6-4-3-5-10(12,2)9(13)14/h8H,3-6H2,1-2H3,(H,13,14). The molecular formula is C10H16N2O4S. The van der Waals surface area contributed by atoms with Gasteiger partial charge < -0.3 is 5.11 Å². The van der Waals surface area contributed by atoms with Crippen LogP contribution in [0.3, 0.4) is 0 Å². The number of piperidine rings is 1. The quantitative estimate of drug-likeness (QED) is 0.799. The van der Waals surface area contributed by atoms with Crippen molar-refractivity contribution >= 4 is 16.0 Å². The Kier molecular flexibility index (Phi) is 3.79. The first kappa shape index (κ1) is 13.9. The molecule has 0 aromatic carbocycles. The zero-order chi connectivity index (χ0) is 13.3. The van der Waals surface area contributed by atoms with Gasteiger partial charge in [0, 0.05) is 6.54 Å². The number of nitrogens with zero attached hydrogens (tertiary/aromatic N) is 2. The fourth-order valence-electron chi connectivity index (χ4n) is 1.98. The van der Waals surface area contributed by atoms with Crippen LogP contribution in [-0.4, -0.2) is 41.1 Å². The average Bonchev–Trinajstić information content (AvgIpc) is 2.28. The van der Waals surface area contributed by atoms with Crippen LogP contribution < -0.4 is 0 Å². The Hall–Kier alpha value is -1.13. The van der Waals surface area contributed by atoms with Gasteiger partial charge in [-0.15, -0.1) is 0 Å². The highest BCUT2D eigenvalue weighted by atomic mass is 32.2. The number of carboxylic acid groups (broad SMARTS) is 1. The Morgan fingerprint density at radius 3 is 2.59 bits per heavy atom. The summed E-state index contributed by atoms with van der Waals surface area (Å²) >= 11 is 0. The number of hydrogen-bond acceptors (Lipinski definition) is 4. The number of aliphatic carboxylic acids is 1. The Balaban J connectivity index is 3.19. The third-order valence-electron chi connectivity index (χ3n) is 3.22. The van der Waals surface area contributed by atoms with E-state index in [0.717, 1.165) is 4.31 Å². The number of sulfonamides is 1. The van der Waals surface area contributed by atoms with E-state index < -0.39 is 26.8 Å². The summed E-state index contributed by atoms with van der Waals surface area (Å²) in [4.78, 5) is 11.3. The highest BCUT2D eigenvalue weighted by Gasteiger charge is 2.48. The van der Waals surface area contributed by atoms with E-state index in [-0.39, 0.29) is 13.0 Å². The zero-order valence-corrected chi connectivity index (χ0v) is 10.7. The van der Waals surface area contributed by atoms with Crippen LogP contribution in [0.5, 0.6) is 0 Å². The first-order valence-corrected chi connectivity index (χ1v) is 6.92. The lowest BCUT2D eigenvalue weighted by Crippen LogP contribution is -2.58. The van der Waals surface area contributed by atoms with Crippen LogP contribution in [0.25, 0.3) is 0 Å². The third kappa shape index (κ3) is 2.28. The minimum absolute atomic E-state index is 0.164. The molecule has 0 saturated carbocycles. The van der Waals surface area contributed by atoms with E-state index in [4.69, 9.17) is 5.26 Å². The molecule has 1 fully saturated rings. The molecule has 0 amide bonds. The second kappa shape index (κ2) is 4.63.